The average Bonchev–Trinajstić information content (AvgIpc) is 2.43. The summed E-state index contributed by atoms with van der Waals surface area (Å²) in [6.45, 7) is 2.68. The van der Waals surface area contributed by atoms with Gasteiger partial charge < -0.3 is 9.84 Å². The molecule has 0 spiro atoms. The standard InChI is InChI=1S/C16H18O3/c1-2-3-6-11-19-15-13-8-5-4-7-12(13)9-10-14(15)16(17)18/h4-5,7-10H,2-3,6,11H2,1H3,(H,17,18). The van der Waals surface area contributed by atoms with E-state index in [2.05, 4.69) is 6.92 Å². The third kappa shape index (κ3) is 3.05. The van der Waals surface area contributed by atoms with Gasteiger partial charge in [0.2, 0.25) is 0 Å². The molecule has 0 atom stereocenters. The lowest BCUT2D eigenvalue weighted by Crippen LogP contribution is -2.05. The lowest BCUT2D eigenvalue weighted by atomic mass is 10.1. The number of fused-ring (bicyclic) bond motifs is 1. The molecule has 0 amide bonds. The first-order valence-corrected chi connectivity index (χ1v) is 6.62. The van der Waals surface area contributed by atoms with Crippen molar-refractivity contribution in [3.63, 3.8) is 0 Å². The number of ether oxygens (including phenoxy) is 1. The maximum absolute atomic E-state index is 11.3. The number of carbonyl (C=O) groups is 1. The fourth-order valence-corrected chi connectivity index (χ4v) is 2.09. The molecule has 19 heavy (non-hydrogen) atoms. The van der Waals surface area contributed by atoms with Crippen LogP contribution in [0.3, 0.4) is 0 Å². The first-order chi connectivity index (χ1) is 9.24. The molecule has 0 aliphatic rings. The fraction of sp³-hybridized carbons (Fsp3) is 0.312. The highest BCUT2D eigenvalue weighted by molar-refractivity contribution is 6.00. The summed E-state index contributed by atoms with van der Waals surface area (Å²) in [7, 11) is 0. The molecule has 0 saturated heterocycles. The minimum Gasteiger partial charge on any atom is -0.492 e. The van der Waals surface area contributed by atoms with Crippen LogP contribution in [0.15, 0.2) is 36.4 Å². The van der Waals surface area contributed by atoms with Crippen molar-refractivity contribution in [3.8, 4) is 5.75 Å². The molecular weight excluding hydrogens is 240 g/mol. The smallest absolute Gasteiger partial charge is 0.339 e. The molecule has 0 heterocycles. The number of carboxylic acid groups (broad SMARTS) is 1. The van der Waals surface area contributed by atoms with Gasteiger partial charge in [-0.05, 0) is 17.9 Å². The molecule has 0 aliphatic carbocycles. The van der Waals surface area contributed by atoms with Crippen LogP contribution in [0.5, 0.6) is 5.75 Å². The molecule has 2 aromatic carbocycles. The Bertz CT molecular complexity index is 575. The first kappa shape index (κ1) is 13.4. The number of unbranched alkanes of at least 4 members (excludes halogenated alkanes) is 2. The highest BCUT2D eigenvalue weighted by Crippen LogP contribution is 2.30. The van der Waals surface area contributed by atoms with Gasteiger partial charge in [-0.25, -0.2) is 4.79 Å². The average molecular weight is 258 g/mol. The van der Waals surface area contributed by atoms with Gasteiger partial charge >= 0.3 is 5.97 Å². The molecule has 3 nitrogen and oxygen atoms in total. The third-order valence-electron chi connectivity index (χ3n) is 3.10. The summed E-state index contributed by atoms with van der Waals surface area (Å²) in [5, 5.41) is 11.1. The third-order valence-corrected chi connectivity index (χ3v) is 3.10. The van der Waals surface area contributed by atoms with Crippen molar-refractivity contribution < 1.29 is 14.6 Å². The summed E-state index contributed by atoms with van der Waals surface area (Å²) in [6, 6.07) is 11.1. The Balaban J connectivity index is 2.35. The molecule has 0 radical (unpaired) electrons. The molecule has 100 valence electrons. The summed E-state index contributed by atoms with van der Waals surface area (Å²) in [5.74, 6) is -0.460. The monoisotopic (exact) mass is 258 g/mol. The van der Waals surface area contributed by atoms with Crippen LogP contribution >= 0.6 is 0 Å². The Labute approximate surface area is 112 Å². The number of rotatable bonds is 6. The zero-order valence-electron chi connectivity index (χ0n) is 11.1. The van der Waals surface area contributed by atoms with E-state index in [-0.39, 0.29) is 5.56 Å². The Morgan fingerprint density at radius 3 is 2.68 bits per heavy atom. The van der Waals surface area contributed by atoms with E-state index in [9.17, 15) is 9.90 Å². The van der Waals surface area contributed by atoms with Gasteiger partial charge in [0.25, 0.3) is 0 Å². The van der Waals surface area contributed by atoms with Crippen LogP contribution in [-0.4, -0.2) is 17.7 Å². The predicted molar refractivity (Wildman–Crippen MR) is 75.9 cm³/mol. The van der Waals surface area contributed by atoms with E-state index in [0.29, 0.717) is 12.4 Å². The molecule has 3 heteroatoms. The number of hydrogen-bond acceptors (Lipinski definition) is 2. The Morgan fingerprint density at radius 1 is 1.16 bits per heavy atom. The van der Waals surface area contributed by atoms with Crippen LogP contribution in [0.1, 0.15) is 36.5 Å². The van der Waals surface area contributed by atoms with Crippen LogP contribution in [-0.2, 0) is 0 Å². The van der Waals surface area contributed by atoms with Crippen LogP contribution in [0, 0.1) is 0 Å². The number of carboxylic acids is 1. The van der Waals surface area contributed by atoms with Gasteiger partial charge in [0.15, 0.2) is 0 Å². The second-order valence-corrected chi connectivity index (χ2v) is 4.52. The zero-order chi connectivity index (χ0) is 13.7. The van der Waals surface area contributed by atoms with Gasteiger partial charge in [-0.1, -0.05) is 50.1 Å². The van der Waals surface area contributed by atoms with Crippen molar-refractivity contribution in [2.45, 2.75) is 26.2 Å². The second-order valence-electron chi connectivity index (χ2n) is 4.52. The van der Waals surface area contributed by atoms with E-state index in [1.54, 1.807) is 6.07 Å². The minimum atomic E-state index is -0.948. The van der Waals surface area contributed by atoms with E-state index >= 15 is 0 Å². The Kier molecular flexibility index (Phi) is 4.39. The fourth-order valence-electron chi connectivity index (χ4n) is 2.09. The number of benzene rings is 2. The lowest BCUT2D eigenvalue weighted by molar-refractivity contribution is 0.0692. The number of hydrogen-bond donors (Lipinski definition) is 1. The van der Waals surface area contributed by atoms with E-state index in [0.717, 1.165) is 30.0 Å². The maximum Gasteiger partial charge on any atom is 0.339 e. The molecule has 0 aromatic heterocycles. The summed E-state index contributed by atoms with van der Waals surface area (Å²) < 4.78 is 5.73. The Morgan fingerprint density at radius 2 is 1.95 bits per heavy atom. The lowest BCUT2D eigenvalue weighted by Gasteiger charge is -2.12. The topological polar surface area (TPSA) is 46.5 Å². The number of aromatic carboxylic acids is 1. The van der Waals surface area contributed by atoms with Crippen molar-refractivity contribution in [2.75, 3.05) is 6.61 Å². The molecule has 1 N–H and O–H groups in total. The largest absolute Gasteiger partial charge is 0.492 e. The van der Waals surface area contributed by atoms with Crippen LogP contribution in [0.25, 0.3) is 10.8 Å². The molecule has 0 bridgehead atoms. The quantitative estimate of drug-likeness (QED) is 0.793. The summed E-state index contributed by atoms with van der Waals surface area (Å²) in [5.41, 5.74) is 0.232. The van der Waals surface area contributed by atoms with Crippen LogP contribution < -0.4 is 4.74 Å². The molecule has 0 aliphatic heterocycles. The van der Waals surface area contributed by atoms with Gasteiger partial charge in [-0.3, -0.25) is 0 Å². The molecule has 2 aromatic rings. The summed E-state index contributed by atoms with van der Waals surface area (Å²) in [4.78, 5) is 11.3. The van der Waals surface area contributed by atoms with E-state index in [1.807, 2.05) is 30.3 Å². The van der Waals surface area contributed by atoms with Crippen LogP contribution in [0.4, 0.5) is 0 Å². The molecule has 2 rings (SSSR count). The Hall–Kier alpha value is -2.03. The molecule has 0 saturated carbocycles. The van der Waals surface area contributed by atoms with Gasteiger partial charge in [0.05, 0.1) is 6.61 Å². The van der Waals surface area contributed by atoms with Crippen LogP contribution in [0.2, 0.25) is 0 Å². The molecule has 0 unspecified atom stereocenters. The van der Waals surface area contributed by atoms with Gasteiger partial charge in [-0.15, -0.1) is 0 Å². The summed E-state index contributed by atoms with van der Waals surface area (Å²) in [6.07, 6.45) is 3.15. The van der Waals surface area contributed by atoms with Crippen molar-refractivity contribution in [1.82, 2.24) is 0 Å². The second kappa shape index (κ2) is 6.23. The van der Waals surface area contributed by atoms with Gasteiger partial charge in [0, 0.05) is 5.39 Å². The highest BCUT2D eigenvalue weighted by atomic mass is 16.5. The normalized spacial score (nSPS) is 10.6. The molecule has 0 fully saturated rings. The van der Waals surface area contributed by atoms with Crippen molar-refractivity contribution >= 4 is 16.7 Å². The van der Waals surface area contributed by atoms with E-state index in [4.69, 9.17) is 4.74 Å². The predicted octanol–water partition coefficient (Wildman–Crippen LogP) is 4.11. The van der Waals surface area contributed by atoms with Crippen molar-refractivity contribution in [1.29, 1.82) is 0 Å². The highest BCUT2D eigenvalue weighted by Gasteiger charge is 2.14. The van der Waals surface area contributed by atoms with Crippen molar-refractivity contribution in [3.05, 3.63) is 42.0 Å². The van der Waals surface area contributed by atoms with Gasteiger partial charge in [0.1, 0.15) is 11.3 Å². The van der Waals surface area contributed by atoms with E-state index < -0.39 is 5.97 Å². The van der Waals surface area contributed by atoms with Gasteiger partial charge in [-0.2, -0.15) is 0 Å². The zero-order valence-corrected chi connectivity index (χ0v) is 11.1. The first-order valence-electron chi connectivity index (χ1n) is 6.62. The van der Waals surface area contributed by atoms with Crippen molar-refractivity contribution in [2.24, 2.45) is 0 Å². The SMILES string of the molecule is CCCCCOc1c(C(=O)O)ccc2ccccc12. The minimum absolute atomic E-state index is 0.232. The van der Waals surface area contributed by atoms with E-state index in [1.165, 1.54) is 0 Å². The summed E-state index contributed by atoms with van der Waals surface area (Å²) >= 11 is 0. The maximum atomic E-state index is 11.3. The molecular formula is C16H18O3.